The van der Waals surface area contributed by atoms with Crippen molar-refractivity contribution in [3.8, 4) is 0 Å². The fourth-order valence-electron chi connectivity index (χ4n) is 3.96. The normalized spacial score (nSPS) is 20.9. The number of aliphatic hydroxyl groups is 1. The second-order valence-corrected chi connectivity index (χ2v) is 7.36. The van der Waals surface area contributed by atoms with E-state index in [-0.39, 0.29) is 11.5 Å². The number of aryl methyl sites for hydroxylation is 2. The monoisotopic (exact) mass is 352 g/mol. The Morgan fingerprint density at radius 3 is 2.85 bits per heavy atom. The Bertz CT molecular complexity index is 991. The molecule has 3 heterocycles. The van der Waals surface area contributed by atoms with Crippen molar-refractivity contribution >= 4 is 10.9 Å². The van der Waals surface area contributed by atoms with Gasteiger partial charge < -0.3 is 9.67 Å². The first-order valence-electron chi connectivity index (χ1n) is 9.00. The number of aromatic nitrogens is 3. The molecule has 1 saturated heterocycles. The van der Waals surface area contributed by atoms with Crippen LogP contribution < -0.4 is 5.56 Å². The summed E-state index contributed by atoms with van der Waals surface area (Å²) in [5, 5.41) is 18.7. The fourth-order valence-corrected chi connectivity index (χ4v) is 3.96. The molecule has 2 N–H and O–H groups in total. The maximum Gasteiger partial charge on any atom is 0.255 e. The molecule has 6 nitrogen and oxygen atoms in total. The lowest BCUT2D eigenvalue weighted by Gasteiger charge is -2.16. The number of rotatable bonds is 4. The first-order chi connectivity index (χ1) is 12.5. The number of benzene rings is 1. The lowest BCUT2D eigenvalue weighted by Crippen LogP contribution is -2.28. The Hall–Kier alpha value is -2.44. The first-order valence-corrected chi connectivity index (χ1v) is 9.00. The van der Waals surface area contributed by atoms with Crippen LogP contribution in [0.3, 0.4) is 0 Å². The molecule has 0 spiro atoms. The van der Waals surface area contributed by atoms with Crippen molar-refractivity contribution in [1.29, 1.82) is 0 Å². The number of aromatic amines is 1. The van der Waals surface area contributed by atoms with Crippen LogP contribution in [0.15, 0.2) is 41.2 Å². The predicted molar refractivity (Wildman–Crippen MR) is 101 cm³/mol. The third kappa shape index (κ3) is 3.18. The van der Waals surface area contributed by atoms with Crippen LogP contribution in [-0.4, -0.2) is 44.0 Å². The Labute approximate surface area is 152 Å². The number of nitrogens with one attached hydrogen (secondary N) is 1. The van der Waals surface area contributed by atoms with Crippen LogP contribution in [0.25, 0.3) is 10.9 Å². The smallest absolute Gasteiger partial charge is 0.255 e. The van der Waals surface area contributed by atoms with Gasteiger partial charge in [-0.2, -0.15) is 5.10 Å². The van der Waals surface area contributed by atoms with E-state index in [1.54, 1.807) is 4.57 Å². The van der Waals surface area contributed by atoms with Crippen molar-refractivity contribution < 1.29 is 5.11 Å². The SMILES string of the molecule is Cc1cc(C[C@@H]2CN(Cc3cc4ccccc4n(C)c3=O)C[C@@H]2O)n[nH]1. The van der Waals surface area contributed by atoms with Crippen molar-refractivity contribution in [3.05, 3.63) is 63.7 Å². The number of para-hydroxylation sites is 1. The van der Waals surface area contributed by atoms with Gasteiger partial charge in [-0.25, -0.2) is 0 Å². The third-order valence-corrected chi connectivity index (χ3v) is 5.31. The molecule has 0 unspecified atom stereocenters. The molecule has 2 aromatic heterocycles. The molecule has 1 aliphatic rings. The van der Waals surface area contributed by atoms with Gasteiger partial charge in [0.1, 0.15) is 0 Å². The van der Waals surface area contributed by atoms with Gasteiger partial charge in [0.2, 0.25) is 0 Å². The van der Waals surface area contributed by atoms with Crippen LogP contribution in [0.1, 0.15) is 17.0 Å². The number of hydrogen-bond acceptors (Lipinski definition) is 4. The third-order valence-electron chi connectivity index (χ3n) is 5.31. The van der Waals surface area contributed by atoms with Crippen molar-refractivity contribution in [2.75, 3.05) is 13.1 Å². The van der Waals surface area contributed by atoms with E-state index >= 15 is 0 Å². The van der Waals surface area contributed by atoms with E-state index in [9.17, 15) is 9.90 Å². The molecule has 0 amide bonds. The molecule has 0 radical (unpaired) electrons. The van der Waals surface area contributed by atoms with Crippen LogP contribution in [-0.2, 0) is 20.0 Å². The predicted octanol–water partition coefficient (Wildman–Crippen LogP) is 1.61. The van der Waals surface area contributed by atoms with E-state index in [2.05, 4.69) is 15.1 Å². The summed E-state index contributed by atoms with van der Waals surface area (Å²) in [6, 6.07) is 11.9. The molecule has 1 fully saturated rings. The number of hydrogen-bond donors (Lipinski definition) is 2. The minimum atomic E-state index is -0.392. The Kier molecular flexibility index (Phi) is 4.38. The highest BCUT2D eigenvalue weighted by Crippen LogP contribution is 2.23. The summed E-state index contributed by atoms with van der Waals surface area (Å²) < 4.78 is 1.71. The lowest BCUT2D eigenvalue weighted by molar-refractivity contribution is 0.140. The number of nitrogens with zero attached hydrogens (tertiary/aromatic N) is 3. The molecule has 1 aliphatic heterocycles. The maximum atomic E-state index is 12.7. The van der Waals surface area contributed by atoms with E-state index in [0.29, 0.717) is 13.1 Å². The minimum absolute atomic E-state index is 0.0320. The van der Waals surface area contributed by atoms with E-state index in [1.165, 1.54) is 0 Å². The van der Waals surface area contributed by atoms with Gasteiger partial charge in [0.15, 0.2) is 0 Å². The van der Waals surface area contributed by atoms with Gasteiger partial charge in [-0.05, 0) is 36.9 Å². The van der Waals surface area contributed by atoms with Crippen molar-refractivity contribution in [1.82, 2.24) is 19.7 Å². The van der Waals surface area contributed by atoms with E-state index < -0.39 is 6.10 Å². The van der Waals surface area contributed by atoms with Crippen LogP contribution in [0.4, 0.5) is 0 Å². The summed E-state index contributed by atoms with van der Waals surface area (Å²) in [6.45, 7) is 3.89. The maximum absolute atomic E-state index is 12.7. The van der Waals surface area contributed by atoms with Gasteiger partial charge in [0.05, 0.1) is 17.3 Å². The number of aliphatic hydroxyl groups excluding tert-OH is 1. The second kappa shape index (κ2) is 6.70. The molecule has 0 aliphatic carbocycles. The molecule has 3 aromatic rings. The molecule has 6 heteroatoms. The highest BCUT2D eigenvalue weighted by Gasteiger charge is 2.32. The molecular weight excluding hydrogens is 328 g/mol. The summed E-state index contributed by atoms with van der Waals surface area (Å²) in [5.74, 6) is 0.141. The quantitative estimate of drug-likeness (QED) is 0.748. The van der Waals surface area contributed by atoms with Crippen LogP contribution in [0.2, 0.25) is 0 Å². The zero-order chi connectivity index (χ0) is 18.3. The van der Waals surface area contributed by atoms with Crippen LogP contribution >= 0.6 is 0 Å². The molecule has 1 aromatic carbocycles. The van der Waals surface area contributed by atoms with E-state index in [4.69, 9.17) is 0 Å². The molecule has 26 heavy (non-hydrogen) atoms. The van der Waals surface area contributed by atoms with Crippen molar-refractivity contribution in [2.45, 2.75) is 26.0 Å². The molecule has 0 bridgehead atoms. The summed E-state index contributed by atoms with van der Waals surface area (Å²) in [7, 11) is 1.82. The standard InChI is InChI=1S/C20H24N4O2/c1-13-7-17(22-21-13)9-15-10-24(12-19(15)25)11-16-8-14-5-3-4-6-18(14)23(2)20(16)26/h3-8,15,19,25H,9-12H2,1-2H3,(H,21,22)/t15-,19+/m1/s1. The molecule has 136 valence electrons. The number of pyridine rings is 1. The Morgan fingerprint density at radius 1 is 1.27 bits per heavy atom. The van der Waals surface area contributed by atoms with Gasteiger partial charge in [-0.3, -0.25) is 14.8 Å². The molecule has 2 atom stereocenters. The molecular formula is C20H24N4O2. The van der Waals surface area contributed by atoms with Gasteiger partial charge in [-0.15, -0.1) is 0 Å². The molecule has 4 rings (SSSR count). The summed E-state index contributed by atoms with van der Waals surface area (Å²) >= 11 is 0. The van der Waals surface area contributed by atoms with Gasteiger partial charge >= 0.3 is 0 Å². The van der Waals surface area contributed by atoms with Crippen molar-refractivity contribution in [2.24, 2.45) is 13.0 Å². The lowest BCUT2D eigenvalue weighted by atomic mass is 10.0. The van der Waals surface area contributed by atoms with Gasteiger partial charge in [0.25, 0.3) is 5.56 Å². The zero-order valence-electron chi connectivity index (χ0n) is 15.1. The average Bonchev–Trinajstić information content (AvgIpc) is 3.18. The highest BCUT2D eigenvalue weighted by atomic mass is 16.3. The Balaban J connectivity index is 1.52. The molecule has 0 saturated carbocycles. The average molecular weight is 352 g/mol. The number of fused-ring (bicyclic) bond motifs is 1. The van der Waals surface area contributed by atoms with E-state index in [0.717, 1.165) is 40.8 Å². The zero-order valence-corrected chi connectivity index (χ0v) is 15.1. The van der Waals surface area contributed by atoms with Crippen molar-refractivity contribution in [3.63, 3.8) is 0 Å². The fraction of sp³-hybridized carbons (Fsp3) is 0.400. The summed E-state index contributed by atoms with van der Waals surface area (Å²) in [5.41, 5.74) is 3.76. The number of likely N-dealkylation sites (tertiary alicyclic amines) is 1. The van der Waals surface area contributed by atoms with E-state index in [1.807, 2.05) is 50.4 Å². The Morgan fingerprint density at radius 2 is 2.08 bits per heavy atom. The van der Waals surface area contributed by atoms with Crippen LogP contribution in [0.5, 0.6) is 0 Å². The first kappa shape index (κ1) is 17.0. The number of H-pyrrole nitrogens is 1. The highest BCUT2D eigenvalue weighted by molar-refractivity contribution is 5.79. The minimum Gasteiger partial charge on any atom is -0.391 e. The van der Waals surface area contributed by atoms with Gasteiger partial charge in [0, 0.05) is 43.9 Å². The summed E-state index contributed by atoms with van der Waals surface area (Å²) in [4.78, 5) is 14.9. The number of β-amino-alcohol motifs (C(OH)–C–C–N with tert-alkyl or cyclic N) is 1. The second-order valence-electron chi connectivity index (χ2n) is 7.36. The summed E-state index contributed by atoms with van der Waals surface area (Å²) in [6.07, 6.45) is 0.355. The van der Waals surface area contributed by atoms with Gasteiger partial charge in [-0.1, -0.05) is 18.2 Å². The van der Waals surface area contributed by atoms with Crippen LogP contribution in [0, 0.1) is 12.8 Å². The largest absolute Gasteiger partial charge is 0.391 e. The topological polar surface area (TPSA) is 74.2 Å².